The van der Waals surface area contributed by atoms with E-state index in [2.05, 4.69) is 37.2 Å². The van der Waals surface area contributed by atoms with E-state index in [0.29, 0.717) is 29.8 Å². The van der Waals surface area contributed by atoms with Gasteiger partial charge in [-0.05, 0) is 108 Å². The van der Waals surface area contributed by atoms with Crippen LogP contribution in [0.15, 0.2) is 116 Å². The molecular weight excluding hydrogens is 664 g/mol. The second-order valence-electron chi connectivity index (χ2n) is 12.1. The first-order valence-corrected chi connectivity index (χ1v) is 17.6. The van der Waals surface area contributed by atoms with E-state index in [1.807, 2.05) is 60.7 Å². The van der Waals surface area contributed by atoms with Crippen molar-refractivity contribution in [2.24, 2.45) is 0 Å². The second-order valence-corrected chi connectivity index (χ2v) is 12.1. The van der Waals surface area contributed by atoms with Gasteiger partial charge in [0.2, 0.25) is 0 Å². The Kier molecular flexibility index (Phi) is 14.0. The van der Waals surface area contributed by atoms with Crippen LogP contribution in [0.5, 0.6) is 17.2 Å². The third kappa shape index (κ3) is 11.7. The summed E-state index contributed by atoms with van der Waals surface area (Å²) in [6.07, 6.45) is 7.71. The van der Waals surface area contributed by atoms with E-state index in [4.69, 9.17) is 18.9 Å². The molecule has 0 atom stereocenters. The summed E-state index contributed by atoms with van der Waals surface area (Å²) in [6.45, 7) is 6.63. The van der Waals surface area contributed by atoms with E-state index in [9.17, 15) is 14.4 Å². The summed E-state index contributed by atoms with van der Waals surface area (Å²) in [6, 6.07) is 30.8. The average Bonchev–Trinajstić information content (AvgIpc) is 3.20. The second kappa shape index (κ2) is 19.7. The van der Waals surface area contributed by atoms with E-state index >= 15 is 0 Å². The molecule has 0 spiro atoms. The number of unbranched alkanes of at least 4 members (excludes halogenated alkanes) is 4. The van der Waals surface area contributed by atoms with Crippen molar-refractivity contribution in [2.75, 3.05) is 19.8 Å². The number of fused-ring (bicyclic) bond motifs is 1. The van der Waals surface area contributed by atoms with Crippen LogP contribution in [0, 0.1) is 23.7 Å². The summed E-state index contributed by atoms with van der Waals surface area (Å²) in [5.74, 6) is 13.0. The van der Waals surface area contributed by atoms with Crippen LogP contribution in [0.1, 0.15) is 82.0 Å². The van der Waals surface area contributed by atoms with Crippen LogP contribution in [0.2, 0.25) is 0 Å². The Morgan fingerprint density at radius 2 is 1.19 bits per heavy atom. The number of hydrogen-bond donors (Lipinski definition) is 0. The first kappa shape index (κ1) is 37.7. The maximum atomic E-state index is 13.1. The molecule has 266 valence electrons. The Hall–Kier alpha value is -6.57. The van der Waals surface area contributed by atoms with Crippen LogP contribution in [0.25, 0.3) is 10.8 Å². The van der Waals surface area contributed by atoms with Gasteiger partial charge in [0.1, 0.15) is 30.5 Å². The van der Waals surface area contributed by atoms with E-state index in [0.717, 1.165) is 45.7 Å². The lowest BCUT2D eigenvalue weighted by atomic mass is 10.0. The third-order valence-corrected chi connectivity index (χ3v) is 8.11. The standard InChI is InChI=1S/C46H40O7/c1-3-5-6-7-8-27-50-42-22-14-35(15-23-42)10-12-37-18-26-44(41(31-37)33-47)53-46(49)40-21-20-38-30-36(13-19-39(38)32-40)11-9-34-16-24-43(25-17-34)51-28-29-52-45(48)4-2/h4,13-26,30-33H,2-3,5-8,27-29H2,1H3. The van der Waals surface area contributed by atoms with Gasteiger partial charge in [-0.1, -0.05) is 75.0 Å². The summed E-state index contributed by atoms with van der Waals surface area (Å²) < 4.78 is 21.9. The predicted octanol–water partition coefficient (Wildman–Crippen LogP) is 9.13. The van der Waals surface area contributed by atoms with Gasteiger partial charge in [-0.25, -0.2) is 9.59 Å². The van der Waals surface area contributed by atoms with Crippen molar-refractivity contribution >= 4 is 29.0 Å². The molecule has 7 nitrogen and oxygen atoms in total. The monoisotopic (exact) mass is 704 g/mol. The number of benzene rings is 5. The zero-order valence-corrected chi connectivity index (χ0v) is 29.7. The zero-order chi connectivity index (χ0) is 37.3. The number of hydrogen-bond acceptors (Lipinski definition) is 7. The first-order valence-electron chi connectivity index (χ1n) is 17.6. The molecule has 0 aliphatic rings. The van der Waals surface area contributed by atoms with Crippen LogP contribution in [0.3, 0.4) is 0 Å². The highest BCUT2D eigenvalue weighted by Gasteiger charge is 2.13. The van der Waals surface area contributed by atoms with Crippen molar-refractivity contribution in [1.29, 1.82) is 0 Å². The van der Waals surface area contributed by atoms with E-state index < -0.39 is 11.9 Å². The Morgan fingerprint density at radius 1 is 0.623 bits per heavy atom. The van der Waals surface area contributed by atoms with Gasteiger partial charge >= 0.3 is 11.9 Å². The van der Waals surface area contributed by atoms with Gasteiger partial charge in [0.25, 0.3) is 0 Å². The van der Waals surface area contributed by atoms with Gasteiger partial charge in [0.05, 0.1) is 17.7 Å². The number of ether oxygens (including phenoxy) is 4. The molecule has 0 aromatic heterocycles. The predicted molar refractivity (Wildman–Crippen MR) is 206 cm³/mol. The van der Waals surface area contributed by atoms with Crippen LogP contribution < -0.4 is 14.2 Å². The molecule has 0 fully saturated rings. The molecule has 0 radical (unpaired) electrons. The van der Waals surface area contributed by atoms with Crippen LogP contribution in [0.4, 0.5) is 0 Å². The molecule has 5 rings (SSSR count). The summed E-state index contributed by atoms with van der Waals surface area (Å²) >= 11 is 0. The minimum Gasteiger partial charge on any atom is -0.494 e. The lowest BCUT2D eigenvalue weighted by molar-refractivity contribution is -0.138. The topological polar surface area (TPSA) is 88.1 Å². The van der Waals surface area contributed by atoms with Crippen molar-refractivity contribution in [3.05, 3.63) is 149 Å². The number of carbonyl (C=O) groups excluding carboxylic acids is 3. The number of esters is 2. The minimum atomic E-state index is -0.578. The van der Waals surface area contributed by atoms with Gasteiger partial charge in [0, 0.05) is 28.3 Å². The fourth-order valence-corrected chi connectivity index (χ4v) is 5.23. The van der Waals surface area contributed by atoms with Gasteiger partial charge in [-0.15, -0.1) is 0 Å². The molecule has 7 heteroatoms. The maximum Gasteiger partial charge on any atom is 0.343 e. The molecule has 0 aliphatic heterocycles. The Balaban J connectivity index is 1.15. The lowest BCUT2D eigenvalue weighted by Crippen LogP contribution is -2.10. The summed E-state index contributed by atoms with van der Waals surface area (Å²) in [7, 11) is 0. The molecule has 0 aliphatic carbocycles. The SMILES string of the molecule is C=CC(=O)OCCOc1ccc(C#Cc2ccc3cc(C(=O)Oc4ccc(C#Cc5ccc(OCCCCCCC)cc5)cc4C=O)ccc3c2)cc1. The molecule has 0 heterocycles. The molecule has 0 saturated heterocycles. The molecule has 53 heavy (non-hydrogen) atoms. The van der Waals surface area contributed by atoms with Crippen molar-refractivity contribution < 1.29 is 33.3 Å². The average molecular weight is 705 g/mol. The number of carbonyl (C=O) groups is 3. The molecule has 0 saturated carbocycles. The van der Waals surface area contributed by atoms with Crippen molar-refractivity contribution in [3.8, 4) is 40.9 Å². The largest absolute Gasteiger partial charge is 0.494 e. The highest BCUT2D eigenvalue weighted by Crippen LogP contribution is 2.23. The fraction of sp³-hybridized carbons (Fsp3) is 0.196. The van der Waals surface area contributed by atoms with E-state index in [-0.39, 0.29) is 24.5 Å². The molecular formula is C46H40O7. The van der Waals surface area contributed by atoms with Crippen molar-refractivity contribution in [3.63, 3.8) is 0 Å². The van der Waals surface area contributed by atoms with Crippen LogP contribution >= 0.6 is 0 Å². The van der Waals surface area contributed by atoms with Crippen molar-refractivity contribution in [1.82, 2.24) is 0 Å². The summed E-state index contributed by atoms with van der Waals surface area (Å²) in [5, 5.41) is 1.75. The Labute approximate surface area is 310 Å². The Morgan fingerprint density at radius 3 is 1.85 bits per heavy atom. The first-order chi connectivity index (χ1) is 25.9. The summed E-state index contributed by atoms with van der Waals surface area (Å²) in [4.78, 5) is 36.1. The summed E-state index contributed by atoms with van der Waals surface area (Å²) in [5.41, 5.74) is 3.63. The maximum absolute atomic E-state index is 13.1. The quantitative estimate of drug-likeness (QED) is 0.0268. The highest BCUT2D eigenvalue weighted by molar-refractivity contribution is 5.97. The molecule has 0 bridgehead atoms. The molecule has 5 aromatic rings. The number of aldehydes is 1. The van der Waals surface area contributed by atoms with E-state index in [1.54, 1.807) is 42.5 Å². The molecule has 0 unspecified atom stereocenters. The lowest BCUT2D eigenvalue weighted by Gasteiger charge is -2.08. The number of rotatable bonds is 15. The fourth-order valence-electron chi connectivity index (χ4n) is 5.23. The Bertz CT molecular complexity index is 2180. The van der Waals surface area contributed by atoms with Gasteiger partial charge in [-0.2, -0.15) is 0 Å². The van der Waals surface area contributed by atoms with Crippen molar-refractivity contribution in [2.45, 2.75) is 39.0 Å². The normalized spacial score (nSPS) is 10.2. The molecule has 0 amide bonds. The van der Waals surface area contributed by atoms with E-state index in [1.165, 1.54) is 25.7 Å². The zero-order valence-electron chi connectivity index (χ0n) is 29.7. The third-order valence-electron chi connectivity index (χ3n) is 8.11. The van der Waals surface area contributed by atoms with Gasteiger partial charge in [0.15, 0.2) is 6.29 Å². The minimum absolute atomic E-state index is 0.134. The molecule has 5 aromatic carbocycles. The smallest absolute Gasteiger partial charge is 0.343 e. The van der Waals surface area contributed by atoms with Crippen LogP contribution in [-0.4, -0.2) is 38.0 Å². The highest BCUT2D eigenvalue weighted by atomic mass is 16.6. The van der Waals surface area contributed by atoms with Crippen LogP contribution in [-0.2, 0) is 9.53 Å². The molecule has 0 N–H and O–H groups in total. The van der Waals surface area contributed by atoms with Gasteiger partial charge in [-0.3, -0.25) is 4.79 Å². The van der Waals surface area contributed by atoms with Gasteiger partial charge < -0.3 is 18.9 Å².